The average Bonchev–Trinajstić information content (AvgIpc) is 2.82. The molecule has 0 spiro atoms. The molecule has 1 heterocycles. The summed E-state index contributed by atoms with van der Waals surface area (Å²) < 4.78 is 29.6. The molecule has 26 heavy (non-hydrogen) atoms. The van der Waals surface area contributed by atoms with Crippen LogP contribution in [0.2, 0.25) is 0 Å². The molecule has 3 N–H and O–H groups in total. The number of rotatable bonds is 6. The molecule has 1 saturated heterocycles. The van der Waals surface area contributed by atoms with Gasteiger partial charge < -0.3 is 5.73 Å². The summed E-state index contributed by atoms with van der Waals surface area (Å²) in [5, 5.41) is 0. The molecule has 1 fully saturated rings. The zero-order valence-electron chi connectivity index (χ0n) is 15.6. The number of likely N-dealkylation sites (tertiary alicyclic amines) is 1. The second-order valence-electron chi connectivity index (χ2n) is 7.17. The van der Waals surface area contributed by atoms with E-state index in [0.717, 1.165) is 24.8 Å². The van der Waals surface area contributed by atoms with Gasteiger partial charge in [0.15, 0.2) is 0 Å². The third-order valence-electron chi connectivity index (χ3n) is 3.93. The number of unbranched alkanes of at least 4 members (excludes halogenated alkanes) is 1. The van der Waals surface area contributed by atoms with E-state index in [4.69, 9.17) is 10.3 Å². The molecule has 0 bridgehead atoms. The van der Waals surface area contributed by atoms with Crippen molar-refractivity contribution < 1.29 is 22.6 Å². The van der Waals surface area contributed by atoms with Gasteiger partial charge in [-0.3, -0.25) is 19.0 Å². The zero-order chi connectivity index (χ0) is 20.0. The van der Waals surface area contributed by atoms with Crippen LogP contribution in [0.1, 0.15) is 51.5 Å². The monoisotopic (exact) mass is 384 g/mol. The first-order valence-corrected chi connectivity index (χ1v) is 10.0. The van der Waals surface area contributed by atoms with Crippen molar-refractivity contribution in [3.05, 3.63) is 29.8 Å². The van der Waals surface area contributed by atoms with Gasteiger partial charge in [-0.15, -0.1) is 0 Å². The van der Waals surface area contributed by atoms with E-state index in [2.05, 4.69) is 0 Å². The Morgan fingerprint density at radius 2 is 1.58 bits per heavy atom. The zero-order valence-corrected chi connectivity index (χ0v) is 16.4. The van der Waals surface area contributed by atoms with E-state index in [9.17, 15) is 18.0 Å². The normalized spacial score (nSPS) is 15.0. The predicted octanol–water partition coefficient (Wildman–Crippen LogP) is 2.28. The van der Waals surface area contributed by atoms with Crippen LogP contribution in [0.5, 0.6) is 0 Å². The van der Waals surface area contributed by atoms with Gasteiger partial charge in [-0.25, -0.2) is 0 Å². The van der Waals surface area contributed by atoms with Gasteiger partial charge in [0.1, 0.15) is 0 Å². The number of benzene rings is 1. The molecular weight excluding hydrogens is 356 g/mol. The highest BCUT2D eigenvalue weighted by atomic mass is 32.2. The molecule has 0 saturated carbocycles. The second kappa shape index (κ2) is 9.25. The molecule has 0 aliphatic carbocycles. The molecule has 7 nitrogen and oxygen atoms in total. The van der Waals surface area contributed by atoms with Crippen LogP contribution in [0.15, 0.2) is 29.2 Å². The minimum atomic E-state index is -4.02. The Morgan fingerprint density at radius 1 is 1.08 bits per heavy atom. The Hall–Kier alpha value is -1.77. The highest BCUT2D eigenvalue weighted by Gasteiger charge is 2.28. The quantitative estimate of drug-likeness (QED) is 0.441. The lowest BCUT2D eigenvalue weighted by molar-refractivity contribution is -0.138. The predicted molar refractivity (Wildman–Crippen MR) is 99.1 cm³/mol. The van der Waals surface area contributed by atoms with Crippen LogP contribution in [0.3, 0.4) is 0 Å². The molecule has 2 rings (SSSR count). The number of nitrogens with two attached hydrogens (primary N) is 1. The fourth-order valence-electron chi connectivity index (χ4n) is 2.43. The van der Waals surface area contributed by atoms with E-state index in [1.54, 1.807) is 12.1 Å². The number of amides is 2. The van der Waals surface area contributed by atoms with Crippen molar-refractivity contribution in [1.82, 2.24) is 4.90 Å². The van der Waals surface area contributed by atoms with E-state index in [-0.39, 0.29) is 22.2 Å². The van der Waals surface area contributed by atoms with Gasteiger partial charge in [0.2, 0.25) is 11.8 Å². The first-order chi connectivity index (χ1) is 11.9. The van der Waals surface area contributed by atoms with Crippen molar-refractivity contribution >= 4 is 21.9 Å². The molecule has 8 heteroatoms. The summed E-state index contributed by atoms with van der Waals surface area (Å²) in [5.41, 5.74) is 6.64. The maximum atomic E-state index is 11.3. The highest BCUT2D eigenvalue weighted by Crippen LogP contribution is 2.14. The summed E-state index contributed by atoms with van der Waals surface area (Å²) in [4.78, 5) is 23.8. The van der Waals surface area contributed by atoms with Crippen LogP contribution >= 0.6 is 0 Å². The van der Waals surface area contributed by atoms with Gasteiger partial charge in [0.25, 0.3) is 10.1 Å². The molecule has 1 aliphatic heterocycles. The fraction of sp³-hybridized carbons (Fsp3) is 0.556. The Balaban J connectivity index is 0.000000273. The standard InChI is InChI=1S/C11H20N2O2.C7H8O3S/c1-11(2,12)7-3-4-8-13-9(14)5-6-10(13)15;1-6-2-4-7(5-3-6)11(8,9)10/h3-8,12H2,1-2H3;2-5H,1H3,(H,8,9,10). The first kappa shape index (κ1) is 22.3. The average molecular weight is 384 g/mol. The van der Waals surface area contributed by atoms with Crippen molar-refractivity contribution in [2.45, 2.75) is 63.3 Å². The molecule has 0 radical (unpaired) electrons. The highest BCUT2D eigenvalue weighted by molar-refractivity contribution is 7.85. The number of aryl methyl sites for hydroxylation is 1. The van der Waals surface area contributed by atoms with E-state index in [1.807, 2.05) is 20.8 Å². The van der Waals surface area contributed by atoms with Crippen molar-refractivity contribution in [3.8, 4) is 0 Å². The first-order valence-electron chi connectivity index (χ1n) is 8.56. The molecule has 1 aromatic rings. The summed E-state index contributed by atoms with van der Waals surface area (Å²) in [7, 11) is -4.02. The summed E-state index contributed by atoms with van der Waals surface area (Å²) in [5.74, 6) is -0.0426. The van der Waals surface area contributed by atoms with Crippen LogP contribution in [0.25, 0.3) is 0 Å². The number of carbonyl (C=O) groups is 2. The van der Waals surface area contributed by atoms with Crippen molar-refractivity contribution in [3.63, 3.8) is 0 Å². The number of imide groups is 1. The lowest BCUT2D eigenvalue weighted by atomic mass is 9.99. The van der Waals surface area contributed by atoms with Crippen LogP contribution in [-0.4, -0.2) is 41.8 Å². The van der Waals surface area contributed by atoms with Crippen molar-refractivity contribution in [2.24, 2.45) is 5.73 Å². The third kappa shape index (κ3) is 8.07. The summed E-state index contributed by atoms with van der Waals surface area (Å²) in [6.45, 7) is 6.37. The maximum absolute atomic E-state index is 11.3. The van der Waals surface area contributed by atoms with Gasteiger partial charge in [-0.1, -0.05) is 17.7 Å². The molecular formula is C18H28N2O5S. The molecule has 146 valence electrons. The molecule has 0 atom stereocenters. The van der Waals surface area contributed by atoms with E-state index >= 15 is 0 Å². The fourth-order valence-corrected chi connectivity index (χ4v) is 2.91. The molecule has 2 amide bonds. The van der Waals surface area contributed by atoms with Crippen molar-refractivity contribution in [2.75, 3.05) is 6.54 Å². The SMILES string of the molecule is CC(C)(N)CCCCN1C(=O)CCC1=O.Cc1ccc(S(=O)(=O)O)cc1. The number of carbonyl (C=O) groups excluding carboxylic acids is 2. The smallest absolute Gasteiger partial charge is 0.294 e. The van der Waals surface area contributed by atoms with Crippen LogP contribution in [0.4, 0.5) is 0 Å². The molecule has 0 aromatic heterocycles. The topological polar surface area (TPSA) is 118 Å². The Morgan fingerprint density at radius 3 is 2.00 bits per heavy atom. The van der Waals surface area contributed by atoms with E-state index in [1.165, 1.54) is 17.0 Å². The number of hydrogen-bond donors (Lipinski definition) is 2. The van der Waals surface area contributed by atoms with Crippen molar-refractivity contribution in [1.29, 1.82) is 0 Å². The minimum absolute atomic E-state index is 0.0213. The molecule has 1 aliphatic rings. The Kier molecular flexibility index (Phi) is 7.92. The van der Waals surface area contributed by atoms with Gasteiger partial charge in [0.05, 0.1) is 4.90 Å². The van der Waals surface area contributed by atoms with Gasteiger partial charge >= 0.3 is 0 Å². The van der Waals surface area contributed by atoms with E-state index in [0.29, 0.717) is 19.4 Å². The molecule has 1 aromatic carbocycles. The minimum Gasteiger partial charge on any atom is -0.326 e. The summed E-state index contributed by atoms with van der Waals surface area (Å²) >= 11 is 0. The Bertz CT molecular complexity index is 705. The lowest BCUT2D eigenvalue weighted by Crippen LogP contribution is -2.33. The van der Waals surface area contributed by atoms with Gasteiger partial charge in [-0.2, -0.15) is 8.42 Å². The second-order valence-corrected chi connectivity index (χ2v) is 8.59. The van der Waals surface area contributed by atoms with Crippen LogP contribution in [-0.2, 0) is 19.7 Å². The molecule has 0 unspecified atom stereocenters. The summed E-state index contributed by atoms with van der Waals surface area (Å²) in [6.07, 6.45) is 3.52. The van der Waals surface area contributed by atoms with Gasteiger partial charge in [-0.05, 0) is 52.2 Å². The lowest BCUT2D eigenvalue weighted by Gasteiger charge is -2.19. The number of nitrogens with zero attached hydrogens (tertiary/aromatic N) is 1. The maximum Gasteiger partial charge on any atom is 0.294 e. The van der Waals surface area contributed by atoms with Gasteiger partial charge in [0, 0.05) is 24.9 Å². The Labute approximate surface area is 155 Å². The van der Waals surface area contributed by atoms with Crippen LogP contribution < -0.4 is 5.73 Å². The largest absolute Gasteiger partial charge is 0.326 e. The van der Waals surface area contributed by atoms with Crippen LogP contribution in [0, 0.1) is 6.92 Å². The van der Waals surface area contributed by atoms with E-state index < -0.39 is 10.1 Å². The third-order valence-corrected chi connectivity index (χ3v) is 4.79. The summed E-state index contributed by atoms with van der Waals surface area (Å²) in [6, 6.07) is 5.99. The number of hydrogen-bond acceptors (Lipinski definition) is 5.